The van der Waals surface area contributed by atoms with Gasteiger partial charge in [-0.15, -0.1) is 0 Å². The number of carbonyl (C=O) groups excluding carboxylic acids is 2. The highest BCUT2D eigenvalue weighted by atomic mass is 127. The molecule has 0 amide bonds. The minimum absolute atomic E-state index is 0.0466. The van der Waals surface area contributed by atoms with Gasteiger partial charge < -0.3 is 15.4 Å². The maximum absolute atomic E-state index is 11.8. The Kier molecular flexibility index (Phi) is 8.08. The Balaban J connectivity index is 5.14. The fraction of sp³-hybridized carbons (Fsp3) is 0.625. The fourth-order valence-corrected chi connectivity index (χ4v) is 2.90. The largest absolute Gasteiger partial charge is 0.443 e. The third kappa shape index (κ3) is 4.83. The van der Waals surface area contributed by atoms with Crippen LogP contribution >= 0.6 is 20.3 Å². The predicted molar refractivity (Wildman–Crippen MR) is 76.1 cm³/mol. The fourth-order valence-electron chi connectivity index (χ4n) is 1.18. The zero-order chi connectivity index (χ0) is 12.8. The van der Waals surface area contributed by atoms with E-state index in [0.717, 1.165) is 0 Å². The van der Waals surface area contributed by atoms with E-state index in [1.54, 1.807) is 0 Å². The van der Waals surface area contributed by atoms with Crippen molar-refractivity contribution in [3.8, 4) is 0 Å². The first-order valence-corrected chi connectivity index (χ1v) is 11.9. The van der Waals surface area contributed by atoms with Gasteiger partial charge in [-0.25, -0.2) is 20.3 Å². The zero-order valence-corrected chi connectivity index (χ0v) is 15.3. The first-order valence-electron chi connectivity index (χ1n) is 5.05. The summed E-state index contributed by atoms with van der Waals surface area (Å²) in [5, 5.41) is 3.66. The number of nitrogens with two attached hydrogens (primary N) is 1. The van der Waals surface area contributed by atoms with Crippen molar-refractivity contribution in [2.45, 2.75) is 32.2 Å². The van der Waals surface area contributed by atoms with Crippen molar-refractivity contribution in [1.82, 2.24) is 0 Å². The molecule has 0 bridgehead atoms. The number of rotatable bonds is 6. The summed E-state index contributed by atoms with van der Waals surface area (Å²) in [5.74, 6) is 0. The lowest BCUT2D eigenvalue weighted by atomic mass is 9.89. The van der Waals surface area contributed by atoms with Crippen LogP contribution in [0.15, 0.2) is 5.16 Å². The van der Waals surface area contributed by atoms with E-state index in [1.165, 1.54) is 0 Å². The number of nitrogens with zero attached hydrogens (tertiary/aromatic N) is 1. The third-order valence-corrected chi connectivity index (χ3v) is 5.22. The Labute approximate surface area is 120 Å². The summed E-state index contributed by atoms with van der Waals surface area (Å²) in [6, 6.07) is 0. The number of hydrogen-bond donors (Lipinski definition) is 1. The summed E-state index contributed by atoms with van der Waals surface area (Å²) in [6.07, 6.45) is 1.19. The zero-order valence-electron chi connectivity index (χ0n) is 9.75. The van der Waals surface area contributed by atoms with Crippen molar-refractivity contribution < 1.29 is 14.4 Å². The van der Waals surface area contributed by atoms with Crippen molar-refractivity contribution in [1.29, 1.82) is 0 Å². The van der Waals surface area contributed by atoms with Crippen LogP contribution in [-0.2, 0) is 9.63 Å². The molecule has 2 N–H and O–H groups in total. The molecule has 0 aliphatic carbocycles. The number of halogens is 1. The van der Waals surface area contributed by atoms with Crippen LogP contribution < -0.4 is 5.73 Å². The van der Waals surface area contributed by atoms with Gasteiger partial charge in [0.05, 0.1) is 5.54 Å². The highest BCUT2D eigenvalue weighted by molar-refractivity contribution is 14.1. The van der Waals surface area contributed by atoms with E-state index >= 15 is 0 Å². The Bertz CT molecular complexity index is 306. The van der Waals surface area contributed by atoms with E-state index in [4.69, 9.17) is 5.73 Å². The molecule has 5 nitrogen and oxygen atoms in total. The SMILES string of the molecule is CCC(N)(CC)/C(=N\O[C](=O)[AlH2])[C](=O)[AlH][I]. The maximum atomic E-state index is 11.8. The van der Waals surface area contributed by atoms with E-state index in [-0.39, 0.29) is 26.6 Å². The molecule has 0 aromatic rings. The molecular weight excluding hydrogens is 353 g/mol. The van der Waals surface area contributed by atoms with Crippen LogP contribution in [0.1, 0.15) is 26.7 Å². The van der Waals surface area contributed by atoms with Crippen LogP contribution in [-0.4, -0.2) is 49.0 Å². The van der Waals surface area contributed by atoms with Crippen LogP contribution in [0.25, 0.3) is 0 Å². The summed E-state index contributed by atoms with van der Waals surface area (Å²) in [7, 11) is 0. The monoisotopic (exact) mass is 368 g/mol. The van der Waals surface area contributed by atoms with Crippen molar-refractivity contribution in [3.63, 3.8) is 0 Å². The smallest absolute Gasteiger partial charge is 0.342 e. The molecule has 0 aromatic carbocycles. The van der Waals surface area contributed by atoms with Crippen LogP contribution in [0.5, 0.6) is 0 Å². The number of hydrogen-bond acceptors (Lipinski definition) is 5. The van der Waals surface area contributed by atoms with Gasteiger partial charge in [0.15, 0.2) is 0 Å². The van der Waals surface area contributed by atoms with Gasteiger partial charge in [-0.05, 0) is 12.8 Å². The number of oxime groups is 1. The second-order valence-corrected chi connectivity index (χ2v) is 7.46. The molecular formula is C8H15Al2IN2O3. The van der Waals surface area contributed by atoms with Gasteiger partial charge in [0.1, 0.15) is 10.4 Å². The molecule has 0 saturated heterocycles. The number of carbonyl (C=O) groups is 2. The second kappa shape index (κ2) is 7.81. The highest BCUT2D eigenvalue weighted by Gasteiger charge is 2.33. The van der Waals surface area contributed by atoms with Crippen LogP contribution in [0.2, 0.25) is 0 Å². The van der Waals surface area contributed by atoms with Gasteiger partial charge in [-0.1, -0.05) is 19.0 Å². The first kappa shape index (κ1) is 16.6. The van der Waals surface area contributed by atoms with Gasteiger partial charge in [-0.2, -0.15) is 0 Å². The summed E-state index contributed by atoms with van der Waals surface area (Å²) in [4.78, 5) is 26.7. The lowest BCUT2D eigenvalue weighted by Gasteiger charge is -2.26. The Hall–Kier alpha value is 0.565. The molecule has 0 aromatic heterocycles. The molecule has 8 heteroatoms. The highest BCUT2D eigenvalue weighted by Crippen LogP contribution is 2.15. The summed E-state index contributed by atoms with van der Waals surface area (Å²) >= 11 is 1.42. The van der Waals surface area contributed by atoms with Gasteiger partial charge in [-0.3, -0.25) is 4.79 Å². The van der Waals surface area contributed by atoms with Crippen LogP contribution in [0.4, 0.5) is 4.79 Å². The van der Waals surface area contributed by atoms with E-state index in [0.29, 0.717) is 12.8 Å². The predicted octanol–water partition coefficient (Wildman–Crippen LogP) is -0.0573. The van der Waals surface area contributed by atoms with Crippen molar-refractivity contribution in [3.05, 3.63) is 0 Å². The Morgan fingerprint density at radius 1 is 1.50 bits per heavy atom. The van der Waals surface area contributed by atoms with Crippen molar-refractivity contribution >= 4 is 63.7 Å². The standard InChI is InChI=1S/C8H12N2O3.2Al.HI.3H/c1-3-8(9,4-2)7(5-11)10-13-6-12;;;;;;/h3-4,9H2,1-2H3;;;1H;;;/q;;+1;;;;/p-1/b10-7-;;;;;;. The molecule has 88 valence electrons. The molecule has 0 fully saturated rings. The second-order valence-electron chi connectivity index (χ2n) is 3.44. The van der Waals surface area contributed by atoms with Gasteiger partial charge in [0, 0.05) is 0 Å². The van der Waals surface area contributed by atoms with Gasteiger partial charge in [0.2, 0.25) is 4.83 Å². The minimum atomic E-state index is -0.912. The maximum Gasteiger partial charge on any atom is 0.443 e. The minimum Gasteiger partial charge on any atom is -0.342 e. The van der Waals surface area contributed by atoms with E-state index in [1.807, 2.05) is 13.8 Å². The molecule has 0 unspecified atom stereocenters. The summed E-state index contributed by atoms with van der Waals surface area (Å²) < 4.78 is -0.0466. The van der Waals surface area contributed by atoms with E-state index in [2.05, 4.69) is 30.3 Å². The molecule has 0 saturated carbocycles. The molecule has 16 heavy (non-hydrogen) atoms. The van der Waals surface area contributed by atoms with Crippen molar-refractivity contribution in [2.24, 2.45) is 10.9 Å². The Morgan fingerprint density at radius 3 is 2.31 bits per heavy atom. The third-order valence-electron chi connectivity index (χ3n) is 2.38. The average molecular weight is 368 g/mol. The molecule has 0 spiro atoms. The topological polar surface area (TPSA) is 81.8 Å². The van der Waals surface area contributed by atoms with Crippen LogP contribution in [0.3, 0.4) is 0 Å². The first-order chi connectivity index (χ1) is 7.41. The molecule has 0 rings (SSSR count). The Morgan fingerprint density at radius 2 is 2.00 bits per heavy atom. The van der Waals surface area contributed by atoms with Crippen LogP contribution in [0, 0.1) is 0 Å². The quantitative estimate of drug-likeness (QED) is 0.234. The lowest BCUT2D eigenvalue weighted by Crippen LogP contribution is -2.51. The summed E-state index contributed by atoms with van der Waals surface area (Å²) in [6.45, 7) is 3.78. The molecule has 0 aliphatic rings. The van der Waals surface area contributed by atoms with Crippen molar-refractivity contribution in [2.75, 3.05) is 0 Å². The average Bonchev–Trinajstić information content (AvgIpc) is 2.27. The van der Waals surface area contributed by atoms with Gasteiger partial charge >= 0.3 is 28.2 Å². The normalized spacial score (nSPS) is 12.1. The molecule has 0 aliphatic heterocycles. The van der Waals surface area contributed by atoms with Gasteiger partial charge in [0.25, 0.3) is 0 Å². The van der Waals surface area contributed by atoms with E-state index in [9.17, 15) is 9.59 Å². The van der Waals surface area contributed by atoms with E-state index < -0.39 is 22.3 Å². The molecule has 0 atom stereocenters. The lowest BCUT2D eigenvalue weighted by molar-refractivity contribution is -0.106. The molecule has 0 heterocycles. The summed E-state index contributed by atoms with van der Waals surface area (Å²) in [5.41, 5.74) is 5.54. The molecule has 0 radical (unpaired) electrons.